The minimum atomic E-state index is -4.88. The number of rotatable bonds is 17. The van der Waals surface area contributed by atoms with Gasteiger partial charge in [-0.1, -0.05) is 0 Å². The molecule has 20 heteroatoms. The van der Waals surface area contributed by atoms with Crippen molar-refractivity contribution >= 4 is 27.6 Å². The van der Waals surface area contributed by atoms with E-state index in [1.807, 2.05) is 0 Å². The topological polar surface area (TPSA) is 281 Å². The average Bonchev–Trinajstić information content (AvgIpc) is 2.81. The molecule has 40 heavy (non-hydrogen) atoms. The summed E-state index contributed by atoms with van der Waals surface area (Å²) in [5.74, 6) is -3.34. The van der Waals surface area contributed by atoms with Gasteiger partial charge in [-0.2, -0.15) is 0 Å². The highest BCUT2D eigenvalue weighted by Gasteiger charge is 2.23. The Labute approximate surface area is 226 Å². The first-order valence-electron chi connectivity index (χ1n) is 11.1. The zero-order valence-corrected chi connectivity index (χ0v) is 22.5. The lowest BCUT2D eigenvalue weighted by Crippen LogP contribution is -2.39. The summed E-state index contributed by atoms with van der Waals surface area (Å²) in [6.45, 7) is -3.19. The van der Waals surface area contributed by atoms with Crippen molar-refractivity contribution in [3.63, 3.8) is 0 Å². The van der Waals surface area contributed by atoms with Crippen molar-refractivity contribution in [1.29, 1.82) is 0 Å². The predicted octanol–water partition coefficient (Wildman–Crippen LogP) is -0.420. The van der Waals surface area contributed by atoms with E-state index in [9.17, 15) is 39.1 Å². The van der Waals surface area contributed by atoms with Crippen LogP contribution in [0.4, 0.5) is 0 Å². The predicted molar refractivity (Wildman–Crippen MR) is 131 cm³/mol. The Kier molecular flexibility index (Phi) is 12.1. The summed E-state index contributed by atoms with van der Waals surface area (Å²) in [7, 11) is -9.75. The van der Waals surface area contributed by atoms with Crippen LogP contribution in [0.15, 0.2) is 24.8 Å². The van der Waals surface area contributed by atoms with Crippen molar-refractivity contribution in [2.24, 2.45) is 0 Å². The lowest BCUT2D eigenvalue weighted by atomic mass is 10.1. The molecule has 2 rings (SSSR count). The van der Waals surface area contributed by atoms with Crippen molar-refractivity contribution in [3.8, 4) is 11.5 Å². The highest BCUT2D eigenvalue weighted by Crippen LogP contribution is 2.38. The van der Waals surface area contributed by atoms with Crippen molar-refractivity contribution in [3.05, 3.63) is 47.0 Å². The maximum atomic E-state index is 11.5. The summed E-state index contributed by atoms with van der Waals surface area (Å²) < 4.78 is 31.1. The van der Waals surface area contributed by atoms with Gasteiger partial charge in [0.05, 0.1) is 38.7 Å². The quantitative estimate of drug-likeness (QED) is 0.106. The van der Waals surface area contributed by atoms with E-state index in [1.54, 1.807) is 0 Å². The molecule has 0 amide bonds. The summed E-state index contributed by atoms with van der Waals surface area (Å²) in [6, 6.07) is 0. The van der Waals surface area contributed by atoms with Crippen LogP contribution in [0.5, 0.6) is 11.5 Å². The average molecular weight is 610 g/mol. The molecule has 0 aliphatic rings. The fourth-order valence-electron chi connectivity index (χ4n) is 3.50. The number of hydrogen-bond donors (Lipinski definition) is 8. The summed E-state index contributed by atoms with van der Waals surface area (Å²) >= 11 is 0. The van der Waals surface area contributed by atoms with Gasteiger partial charge < -0.3 is 40.0 Å². The van der Waals surface area contributed by atoms with Crippen LogP contribution in [0.1, 0.15) is 22.3 Å². The third-order valence-corrected chi connectivity index (χ3v) is 6.17. The van der Waals surface area contributed by atoms with Crippen LogP contribution >= 0.6 is 15.6 Å². The fraction of sp³-hybridized carbons (Fsp3) is 0.400. The monoisotopic (exact) mass is 610 g/mol. The van der Waals surface area contributed by atoms with Crippen LogP contribution in [-0.2, 0) is 54.1 Å². The van der Waals surface area contributed by atoms with Crippen molar-refractivity contribution in [1.82, 2.24) is 19.8 Å². The molecule has 8 N–H and O–H groups in total. The van der Waals surface area contributed by atoms with Gasteiger partial charge in [0.2, 0.25) is 0 Å². The summed E-state index contributed by atoms with van der Waals surface area (Å²) in [5, 5.41) is 39.3. The number of nitrogens with zero attached hydrogens (tertiary/aromatic N) is 4. The molecule has 0 aliphatic heterocycles. The molecule has 0 spiro atoms. The van der Waals surface area contributed by atoms with Gasteiger partial charge in [-0.05, 0) is 0 Å². The molecule has 2 aromatic rings. The number of carboxylic acid groups (broad SMARTS) is 2. The van der Waals surface area contributed by atoms with Crippen molar-refractivity contribution < 1.29 is 67.8 Å². The first kappa shape index (κ1) is 33.2. The second-order valence-corrected chi connectivity index (χ2v) is 10.8. The first-order valence-corrected chi connectivity index (χ1v) is 14.2. The van der Waals surface area contributed by atoms with Crippen molar-refractivity contribution in [2.75, 3.05) is 26.2 Å². The van der Waals surface area contributed by atoms with Gasteiger partial charge in [0.1, 0.15) is 11.5 Å². The number of hydrogen-bond acceptors (Lipinski definition) is 12. The van der Waals surface area contributed by atoms with Gasteiger partial charge in [-0.15, -0.1) is 0 Å². The number of pyridine rings is 2. The SMILES string of the molecule is O=C(O)CN(CCN(CC(=O)O)Cc1c(O)cncc1COP(=O)(O)O)Cc1c(O)cncc1COP(=O)(O)O. The highest BCUT2D eigenvalue weighted by molar-refractivity contribution is 7.46. The van der Waals surface area contributed by atoms with E-state index in [0.29, 0.717) is 0 Å². The van der Waals surface area contributed by atoms with Gasteiger partial charge in [-0.3, -0.25) is 38.4 Å². The number of phosphoric acid groups is 2. The smallest absolute Gasteiger partial charge is 0.469 e. The molecule has 0 unspecified atom stereocenters. The van der Waals surface area contributed by atoms with E-state index in [-0.39, 0.29) is 48.4 Å². The third kappa shape index (κ3) is 12.0. The van der Waals surface area contributed by atoms with Crippen molar-refractivity contribution in [2.45, 2.75) is 26.3 Å². The van der Waals surface area contributed by atoms with E-state index < -0.39 is 65.4 Å². The van der Waals surface area contributed by atoms with Gasteiger partial charge in [0, 0.05) is 60.8 Å². The molecular weight excluding hydrogens is 582 g/mol. The van der Waals surface area contributed by atoms with Gasteiger partial charge in [-0.25, -0.2) is 9.13 Å². The Hall–Kier alpha value is -3.02. The van der Waals surface area contributed by atoms with Gasteiger partial charge in [0.25, 0.3) is 0 Å². The zero-order chi connectivity index (χ0) is 30.1. The number of carbonyl (C=O) groups is 2. The molecule has 0 saturated carbocycles. The molecule has 0 bridgehead atoms. The van der Waals surface area contributed by atoms with Gasteiger partial charge in [0.15, 0.2) is 0 Å². The Morgan fingerprint density at radius 3 is 1.35 bits per heavy atom. The molecule has 0 radical (unpaired) electrons. The molecule has 0 atom stereocenters. The maximum absolute atomic E-state index is 11.5. The first-order chi connectivity index (χ1) is 18.5. The molecule has 2 heterocycles. The summed E-state index contributed by atoms with van der Waals surface area (Å²) in [4.78, 5) is 69.0. The lowest BCUT2D eigenvalue weighted by Gasteiger charge is -2.27. The fourth-order valence-corrected chi connectivity index (χ4v) is 4.11. The van der Waals surface area contributed by atoms with E-state index >= 15 is 0 Å². The van der Waals surface area contributed by atoms with Crippen LogP contribution in [0.2, 0.25) is 0 Å². The summed E-state index contributed by atoms with van der Waals surface area (Å²) in [6.07, 6.45) is 4.43. The number of aliphatic carboxylic acids is 2. The second kappa shape index (κ2) is 14.6. The van der Waals surface area contributed by atoms with E-state index in [1.165, 1.54) is 22.2 Å². The van der Waals surface area contributed by atoms with E-state index in [4.69, 9.17) is 19.6 Å². The normalized spacial score (nSPS) is 12.2. The largest absolute Gasteiger partial charge is 0.506 e. The third-order valence-electron chi connectivity index (χ3n) is 5.24. The van der Waals surface area contributed by atoms with Crippen LogP contribution in [0.3, 0.4) is 0 Å². The highest BCUT2D eigenvalue weighted by atomic mass is 31.2. The molecule has 0 aromatic carbocycles. The van der Waals surface area contributed by atoms with Crippen LogP contribution in [0.25, 0.3) is 0 Å². The Balaban J connectivity index is 2.27. The minimum absolute atomic E-state index is 0.0671. The Morgan fingerprint density at radius 1 is 0.700 bits per heavy atom. The van der Waals surface area contributed by atoms with Crippen LogP contribution in [0, 0.1) is 0 Å². The Bertz CT molecular complexity index is 1190. The minimum Gasteiger partial charge on any atom is -0.506 e. The number of aromatic nitrogens is 2. The molecular formula is C20H28N4O14P2. The zero-order valence-electron chi connectivity index (χ0n) is 20.7. The standard InChI is InChI=1S/C20H28N4O14P2/c25-17-5-21-3-13(11-37-39(31,32)33)15(17)7-23(9-19(27)28)1-2-24(10-20(29)30)8-16-14(4-22-6-18(16)26)12-38-40(34,35)36/h3-6,25-26H,1-2,7-12H2,(H,27,28)(H,29,30)(H2,31,32,33)(H2,34,35,36). The molecule has 18 nitrogen and oxygen atoms in total. The lowest BCUT2D eigenvalue weighted by molar-refractivity contribution is -0.140. The van der Waals surface area contributed by atoms with Gasteiger partial charge >= 0.3 is 27.6 Å². The van der Waals surface area contributed by atoms with E-state index in [2.05, 4.69) is 19.0 Å². The van der Waals surface area contributed by atoms with Crippen LogP contribution in [-0.4, -0.2) is 97.9 Å². The molecule has 0 fully saturated rings. The molecule has 222 valence electrons. The number of phosphoric ester groups is 2. The maximum Gasteiger partial charge on any atom is 0.469 e. The second-order valence-electron chi connectivity index (χ2n) is 8.33. The number of aromatic hydroxyl groups is 2. The molecule has 2 aromatic heterocycles. The van der Waals surface area contributed by atoms with E-state index in [0.717, 1.165) is 12.4 Å². The van der Waals surface area contributed by atoms with Crippen LogP contribution < -0.4 is 0 Å². The molecule has 0 saturated heterocycles. The summed E-state index contributed by atoms with van der Waals surface area (Å²) in [5.41, 5.74) is 0.270. The molecule has 0 aliphatic carbocycles. The Morgan fingerprint density at radius 2 is 1.05 bits per heavy atom. The number of carboxylic acids is 2.